The molecule has 306 valence electrons. The molecule has 2 aliphatic rings. The molecule has 0 unspecified atom stereocenters. The van der Waals surface area contributed by atoms with Gasteiger partial charge in [-0.15, -0.1) is 10.2 Å². The lowest BCUT2D eigenvalue weighted by Gasteiger charge is -2.39. The summed E-state index contributed by atoms with van der Waals surface area (Å²) in [5.41, 5.74) is 30.5. The molecule has 0 saturated heterocycles. The number of aryl methyl sites for hydroxylation is 4. The molecule has 0 bridgehead atoms. The average molecular weight is 777 g/mol. The summed E-state index contributed by atoms with van der Waals surface area (Å²) in [7, 11) is 0. The van der Waals surface area contributed by atoms with E-state index in [4.69, 9.17) is 32.4 Å². The van der Waals surface area contributed by atoms with Gasteiger partial charge in [-0.3, -0.25) is 0 Å². The first-order valence-corrected chi connectivity index (χ1v) is 20.0. The molecule has 2 aromatic carbocycles. The maximum atomic E-state index is 10.3. The van der Waals surface area contributed by atoms with Crippen LogP contribution in [0.1, 0.15) is 72.2 Å². The number of unbranched alkanes of at least 4 members (excludes halogenated alkanes) is 2. The number of hydrogen-bond donors (Lipinski definition) is 8. The predicted octanol–water partition coefficient (Wildman–Crippen LogP) is -0.273. The van der Waals surface area contributed by atoms with Gasteiger partial charge in [-0.05, 0) is 86.5 Å². The lowest BCUT2D eigenvalue weighted by molar-refractivity contribution is -0.127. The van der Waals surface area contributed by atoms with Crippen molar-refractivity contribution in [1.29, 1.82) is 0 Å². The average Bonchev–Trinajstić information content (AvgIpc) is 3.84. The molecule has 2 aromatic heterocycles. The van der Waals surface area contributed by atoms with E-state index in [0.717, 1.165) is 73.9 Å². The molecule has 16 heteroatoms. The van der Waals surface area contributed by atoms with Crippen LogP contribution in [0.4, 0.5) is 0 Å². The highest BCUT2D eigenvalue weighted by Crippen LogP contribution is 2.23. The van der Waals surface area contributed by atoms with Crippen LogP contribution < -0.4 is 22.9 Å². The van der Waals surface area contributed by atoms with E-state index in [0.29, 0.717) is 39.1 Å². The molecule has 2 saturated carbocycles. The Bertz CT molecular complexity index is 1630. The van der Waals surface area contributed by atoms with Crippen molar-refractivity contribution in [1.82, 2.24) is 30.0 Å². The lowest BCUT2D eigenvalue weighted by atomic mass is 9.85. The summed E-state index contributed by atoms with van der Waals surface area (Å²) < 4.78 is 15.3. The number of rotatable bonds is 19. The van der Waals surface area contributed by atoms with Gasteiger partial charge in [-0.25, -0.2) is 9.36 Å². The van der Waals surface area contributed by atoms with Gasteiger partial charge in [-0.1, -0.05) is 59.0 Å². The van der Waals surface area contributed by atoms with Crippen LogP contribution in [0.5, 0.6) is 0 Å². The zero-order chi connectivity index (χ0) is 39.6. The van der Waals surface area contributed by atoms with Crippen LogP contribution in [0, 0.1) is 0 Å². The van der Waals surface area contributed by atoms with Crippen molar-refractivity contribution < 1.29 is 29.9 Å². The van der Waals surface area contributed by atoms with Crippen LogP contribution in [-0.4, -0.2) is 124 Å². The normalized spacial score (nSPS) is 28.1. The Kier molecular flexibility index (Phi) is 15.1. The second-order valence-electron chi connectivity index (χ2n) is 15.6. The van der Waals surface area contributed by atoms with Gasteiger partial charge in [0.15, 0.2) is 0 Å². The Labute approximate surface area is 328 Å². The minimum atomic E-state index is -1.07. The summed E-state index contributed by atoms with van der Waals surface area (Å²) in [6.45, 7) is 2.16. The molecule has 0 radical (unpaired) electrons. The van der Waals surface area contributed by atoms with Gasteiger partial charge in [0.05, 0.1) is 36.7 Å². The van der Waals surface area contributed by atoms with Crippen molar-refractivity contribution >= 4 is 0 Å². The summed E-state index contributed by atoms with van der Waals surface area (Å²) in [4.78, 5) is 0. The number of hydrogen-bond acceptors (Lipinski definition) is 14. The molecular formula is C40H60N10O6. The largest absolute Gasteiger partial charge is 0.389 e. The molecule has 0 amide bonds. The van der Waals surface area contributed by atoms with Crippen molar-refractivity contribution in [2.75, 3.05) is 13.2 Å². The van der Waals surface area contributed by atoms with Crippen LogP contribution >= 0.6 is 0 Å². The fourth-order valence-corrected chi connectivity index (χ4v) is 7.62. The van der Waals surface area contributed by atoms with Gasteiger partial charge < -0.3 is 52.8 Å². The Morgan fingerprint density at radius 3 is 1.27 bits per heavy atom. The van der Waals surface area contributed by atoms with Crippen LogP contribution in [0.3, 0.4) is 0 Å². The number of benzene rings is 2. The van der Waals surface area contributed by atoms with Crippen molar-refractivity contribution in [3.8, 4) is 0 Å². The van der Waals surface area contributed by atoms with E-state index in [1.165, 1.54) is 11.1 Å². The Balaban J connectivity index is 0.844. The summed E-state index contributed by atoms with van der Waals surface area (Å²) in [5, 5.41) is 57.8. The summed E-state index contributed by atoms with van der Waals surface area (Å²) in [6.07, 6.45) is 6.04. The standard InChI is InChI=1S/C40H60N10O6/c41-31-19-33(43)39(37(53)35(31)51)55-17-3-1-5-29-23-49(47-45-29)21-27-13-9-25(10-14-27)7-8-26-11-15-28(16-12-26)22-50-24-30(46-48-50)6-2-4-18-56-40-34(44)20-32(42)36(52)38(40)54/h9-16,23-24,31-40,51-54H,1-8,17-22,41-44H2/t31-,32-,33+,34+,35+,36+,37-,38-,39-,40-/m1/s1. The zero-order valence-electron chi connectivity index (χ0n) is 32.0. The van der Waals surface area contributed by atoms with E-state index in [-0.39, 0.29) is 0 Å². The highest BCUT2D eigenvalue weighted by Gasteiger charge is 2.42. The van der Waals surface area contributed by atoms with E-state index in [9.17, 15) is 20.4 Å². The second-order valence-corrected chi connectivity index (χ2v) is 15.6. The molecule has 16 nitrogen and oxygen atoms in total. The summed E-state index contributed by atoms with van der Waals surface area (Å²) >= 11 is 0. The van der Waals surface area contributed by atoms with Crippen molar-refractivity contribution in [2.24, 2.45) is 22.9 Å². The summed E-state index contributed by atoms with van der Waals surface area (Å²) in [6, 6.07) is 15.4. The maximum Gasteiger partial charge on any atom is 0.109 e. The minimum absolute atomic E-state index is 0.398. The fraction of sp³-hybridized carbons (Fsp3) is 0.600. The highest BCUT2D eigenvalue weighted by atomic mass is 16.5. The van der Waals surface area contributed by atoms with Gasteiger partial charge in [0, 0.05) is 49.8 Å². The predicted molar refractivity (Wildman–Crippen MR) is 209 cm³/mol. The molecule has 6 rings (SSSR count). The monoisotopic (exact) mass is 776 g/mol. The van der Waals surface area contributed by atoms with E-state index < -0.39 is 60.8 Å². The topological polar surface area (TPSA) is 265 Å². The van der Waals surface area contributed by atoms with Crippen molar-refractivity contribution in [2.45, 2.75) is 138 Å². The van der Waals surface area contributed by atoms with Gasteiger partial charge in [0.1, 0.15) is 24.4 Å². The van der Waals surface area contributed by atoms with E-state index in [1.54, 1.807) is 0 Å². The molecular weight excluding hydrogens is 717 g/mol. The van der Waals surface area contributed by atoms with Gasteiger partial charge in [0.25, 0.3) is 0 Å². The molecule has 2 fully saturated rings. The van der Waals surface area contributed by atoms with E-state index >= 15 is 0 Å². The smallest absolute Gasteiger partial charge is 0.109 e. The Morgan fingerprint density at radius 1 is 0.500 bits per heavy atom. The van der Waals surface area contributed by atoms with Crippen molar-refractivity contribution in [3.63, 3.8) is 0 Å². The quantitative estimate of drug-likeness (QED) is 0.0570. The Hall–Kier alpha value is -3.68. The maximum absolute atomic E-state index is 10.3. The van der Waals surface area contributed by atoms with Gasteiger partial charge in [-0.2, -0.15) is 0 Å². The van der Waals surface area contributed by atoms with Crippen LogP contribution in [0.25, 0.3) is 0 Å². The van der Waals surface area contributed by atoms with Gasteiger partial charge >= 0.3 is 0 Å². The molecule has 2 aliphatic carbocycles. The number of aliphatic hydroxyl groups is 4. The molecule has 56 heavy (non-hydrogen) atoms. The molecule has 2 heterocycles. The van der Waals surface area contributed by atoms with Crippen LogP contribution in [-0.2, 0) is 48.2 Å². The number of nitrogens with zero attached hydrogens (tertiary/aromatic N) is 6. The number of aliphatic hydroxyl groups excluding tert-OH is 4. The van der Waals surface area contributed by atoms with Crippen LogP contribution in [0.15, 0.2) is 60.9 Å². The number of nitrogens with two attached hydrogens (primary N) is 4. The van der Waals surface area contributed by atoms with Crippen molar-refractivity contribution in [3.05, 3.63) is 94.6 Å². The molecule has 10 atom stereocenters. The first-order chi connectivity index (χ1) is 27.0. The molecule has 12 N–H and O–H groups in total. The molecule has 0 spiro atoms. The lowest BCUT2D eigenvalue weighted by Crippen LogP contribution is -2.62. The molecule has 4 aromatic rings. The third kappa shape index (κ3) is 11.5. The van der Waals surface area contributed by atoms with E-state index in [2.05, 4.69) is 69.2 Å². The van der Waals surface area contributed by atoms with E-state index in [1.807, 2.05) is 21.8 Å². The number of aromatic nitrogens is 6. The highest BCUT2D eigenvalue weighted by molar-refractivity contribution is 5.26. The second kappa shape index (κ2) is 20.1. The first kappa shape index (κ1) is 41.9. The third-order valence-electron chi connectivity index (χ3n) is 11.1. The first-order valence-electron chi connectivity index (χ1n) is 20.0. The zero-order valence-corrected chi connectivity index (χ0v) is 32.0. The molecule has 0 aliphatic heterocycles. The minimum Gasteiger partial charge on any atom is -0.389 e. The SMILES string of the molecule is N[C@@H]1C[C@H](N)[C@@H](OCCCCc2cn(Cc3ccc(CCc4ccc(Cn5cc(CCCCO[C@H]6[C@H](O)[C@@H](O)[C@H](N)C[C@@H]6N)nn5)cc4)cc3)nn2)[C@H](O)[C@H]1O. The fourth-order valence-electron chi connectivity index (χ4n) is 7.62. The number of ether oxygens (including phenoxy) is 2. The Morgan fingerprint density at radius 2 is 0.875 bits per heavy atom. The van der Waals surface area contributed by atoms with Crippen LogP contribution in [0.2, 0.25) is 0 Å². The summed E-state index contributed by atoms with van der Waals surface area (Å²) in [5.74, 6) is 0. The van der Waals surface area contributed by atoms with Gasteiger partial charge in [0.2, 0.25) is 0 Å². The third-order valence-corrected chi connectivity index (χ3v) is 11.1.